The monoisotopic (exact) mass is 212 g/mol. The molecule has 0 fully saturated rings. The summed E-state index contributed by atoms with van der Waals surface area (Å²) >= 11 is 0. The molecule has 0 aromatic carbocycles. The highest BCUT2D eigenvalue weighted by atomic mass is 16.5. The van der Waals surface area contributed by atoms with Crippen molar-refractivity contribution in [2.24, 2.45) is 0 Å². The Morgan fingerprint density at radius 1 is 1.53 bits per heavy atom. The van der Waals surface area contributed by atoms with E-state index in [4.69, 9.17) is 9.63 Å². The molecule has 0 spiro atoms. The zero-order chi connectivity index (χ0) is 11.6. The molecule has 0 atom stereocenters. The number of nitrogens with one attached hydrogen (secondary N) is 1. The van der Waals surface area contributed by atoms with E-state index in [-0.39, 0.29) is 5.76 Å². The number of hydrogen-bond donors (Lipinski definition) is 2. The molecule has 82 valence electrons. The second-order valence-electron chi connectivity index (χ2n) is 3.72. The van der Waals surface area contributed by atoms with Gasteiger partial charge in [0.25, 0.3) is 5.91 Å². The molecule has 1 aromatic rings. The van der Waals surface area contributed by atoms with Gasteiger partial charge in [-0.1, -0.05) is 5.16 Å². The van der Waals surface area contributed by atoms with Crippen molar-refractivity contribution in [2.45, 2.75) is 26.3 Å². The lowest BCUT2D eigenvalue weighted by molar-refractivity contribution is -0.143. The maximum absolute atomic E-state index is 11.5. The minimum atomic E-state index is -1.34. The summed E-state index contributed by atoms with van der Waals surface area (Å²) in [6, 6.07) is 1.44. The number of rotatable bonds is 3. The van der Waals surface area contributed by atoms with E-state index < -0.39 is 17.4 Å². The van der Waals surface area contributed by atoms with Crippen molar-refractivity contribution in [3.8, 4) is 0 Å². The summed E-state index contributed by atoms with van der Waals surface area (Å²) in [6.07, 6.45) is 0. The summed E-state index contributed by atoms with van der Waals surface area (Å²) in [4.78, 5) is 22.2. The number of carbonyl (C=O) groups excluding carboxylic acids is 1. The number of aliphatic carboxylic acids is 1. The predicted octanol–water partition coefficient (Wildman–Crippen LogP) is 0.576. The molecule has 1 aromatic heterocycles. The van der Waals surface area contributed by atoms with Crippen molar-refractivity contribution >= 4 is 11.9 Å². The van der Waals surface area contributed by atoms with Gasteiger partial charge in [-0.2, -0.15) is 0 Å². The van der Waals surface area contributed by atoms with Crippen LogP contribution in [0.3, 0.4) is 0 Å². The molecule has 0 bridgehead atoms. The zero-order valence-electron chi connectivity index (χ0n) is 8.70. The van der Waals surface area contributed by atoms with Crippen LogP contribution in [0.5, 0.6) is 0 Å². The van der Waals surface area contributed by atoms with Gasteiger partial charge < -0.3 is 14.9 Å². The smallest absolute Gasteiger partial charge is 0.328 e. The van der Waals surface area contributed by atoms with E-state index in [2.05, 4.69) is 10.5 Å². The Balaban J connectivity index is 2.76. The number of carboxylic acids is 1. The van der Waals surface area contributed by atoms with Crippen LogP contribution in [0.1, 0.15) is 30.1 Å². The van der Waals surface area contributed by atoms with E-state index in [1.165, 1.54) is 19.9 Å². The molecule has 2 N–H and O–H groups in total. The molecule has 0 unspecified atom stereocenters. The Bertz CT molecular complexity index is 395. The van der Waals surface area contributed by atoms with E-state index in [0.717, 1.165) is 0 Å². The normalized spacial score (nSPS) is 11.1. The van der Waals surface area contributed by atoms with Gasteiger partial charge in [-0.05, 0) is 20.8 Å². The van der Waals surface area contributed by atoms with Gasteiger partial charge in [0.1, 0.15) is 5.54 Å². The molecule has 0 saturated heterocycles. The third-order valence-corrected chi connectivity index (χ3v) is 1.81. The van der Waals surface area contributed by atoms with Crippen molar-refractivity contribution in [3.05, 3.63) is 17.5 Å². The van der Waals surface area contributed by atoms with Gasteiger partial charge in [-0.25, -0.2) is 4.79 Å². The maximum Gasteiger partial charge on any atom is 0.328 e. The van der Waals surface area contributed by atoms with Crippen molar-refractivity contribution in [1.82, 2.24) is 10.5 Å². The fraction of sp³-hybridized carbons (Fsp3) is 0.444. The Hall–Kier alpha value is -1.85. The van der Waals surface area contributed by atoms with E-state index >= 15 is 0 Å². The molecule has 1 rings (SSSR count). The summed E-state index contributed by atoms with van der Waals surface area (Å²) in [5.74, 6) is -1.71. The van der Waals surface area contributed by atoms with Crippen molar-refractivity contribution in [3.63, 3.8) is 0 Å². The second kappa shape index (κ2) is 3.72. The largest absolute Gasteiger partial charge is 0.480 e. The van der Waals surface area contributed by atoms with E-state index in [9.17, 15) is 9.59 Å². The molecule has 0 radical (unpaired) electrons. The number of aryl methyl sites for hydroxylation is 1. The summed E-state index contributed by atoms with van der Waals surface area (Å²) in [7, 11) is 0. The maximum atomic E-state index is 11.5. The fourth-order valence-electron chi connectivity index (χ4n) is 0.869. The molecule has 6 heteroatoms. The molecule has 0 aliphatic rings. The standard InChI is InChI=1S/C9H12N2O4/c1-5-4-6(15-11-5)7(12)10-9(2,3)8(13)14/h4H,1-3H3,(H,10,12)(H,13,14). The first-order valence-electron chi connectivity index (χ1n) is 4.32. The van der Waals surface area contributed by atoms with Crippen LogP contribution < -0.4 is 5.32 Å². The molecule has 0 aliphatic carbocycles. The minimum Gasteiger partial charge on any atom is -0.480 e. The van der Waals surface area contributed by atoms with Gasteiger partial charge in [0.15, 0.2) is 0 Å². The first-order chi connectivity index (χ1) is 6.83. The van der Waals surface area contributed by atoms with Crippen LogP contribution in [0, 0.1) is 6.92 Å². The Morgan fingerprint density at radius 3 is 2.53 bits per heavy atom. The Labute approximate surface area is 86.3 Å². The number of nitrogens with zero attached hydrogens (tertiary/aromatic N) is 1. The van der Waals surface area contributed by atoms with Crippen molar-refractivity contribution in [1.29, 1.82) is 0 Å². The van der Waals surface area contributed by atoms with E-state index in [1.807, 2.05) is 0 Å². The molecule has 15 heavy (non-hydrogen) atoms. The van der Waals surface area contributed by atoms with Gasteiger partial charge in [0, 0.05) is 6.07 Å². The molecule has 1 amide bonds. The molecule has 1 heterocycles. The Morgan fingerprint density at radius 2 is 2.13 bits per heavy atom. The van der Waals surface area contributed by atoms with Gasteiger partial charge in [0.2, 0.25) is 5.76 Å². The van der Waals surface area contributed by atoms with Crippen LogP contribution in [-0.2, 0) is 4.79 Å². The number of amides is 1. The average molecular weight is 212 g/mol. The lowest BCUT2D eigenvalue weighted by atomic mass is 10.1. The van der Waals surface area contributed by atoms with E-state index in [0.29, 0.717) is 5.69 Å². The van der Waals surface area contributed by atoms with Gasteiger partial charge in [0.05, 0.1) is 5.69 Å². The van der Waals surface area contributed by atoms with E-state index in [1.54, 1.807) is 6.92 Å². The molecule has 6 nitrogen and oxygen atoms in total. The Kier molecular flexibility index (Phi) is 2.78. The number of carboxylic acid groups (broad SMARTS) is 1. The van der Waals surface area contributed by atoms with Crippen LogP contribution in [0.4, 0.5) is 0 Å². The SMILES string of the molecule is Cc1cc(C(=O)NC(C)(C)C(=O)O)on1. The van der Waals surface area contributed by atoms with Gasteiger partial charge >= 0.3 is 5.97 Å². The summed E-state index contributed by atoms with van der Waals surface area (Å²) in [6.45, 7) is 4.44. The van der Waals surface area contributed by atoms with Crippen LogP contribution in [0.2, 0.25) is 0 Å². The highest BCUT2D eigenvalue weighted by Gasteiger charge is 2.30. The first kappa shape index (κ1) is 11.2. The highest BCUT2D eigenvalue weighted by molar-refractivity contribution is 5.95. The van der Waals surface area contributed by atoms with Crippen LogP contribution in [0.15, 0.2) is 10.6 Å². The number of aromatic nitrogens is 1. The average Bonchev–Trinajstić information content (AvgIpc) is 2.50. The van der Waals surface area contributed by atoms with Crippen LogP contribution >= 0.6 is 0 Å². The minimum absolute atomic E-state index is 0.00169. The summed E-state index contributed by atoms with van der Waals surface area (Å²) in [5, 5.41) is 14.6. The highest BCUT2D eigenvalue weighted by Crippen LogP contribution is 2.07. The molecular formula is C9H12N2O4. The van der Waals surface area contributed by atoms with Crippen molar-refractivity contribution in [2.75, 3.05) is 0 Å². The molecule has 0 saturated carbocycles. The zero-order valence-corrected chi connectivity index (χ0v) is 8.70. The molecule has 0 aliphatic heterocycles. The first-order valence-corrected chi connectivity index (χ1v) is 4.32. The van der Waals surface area contributed by atoms with Gasteiger partial charge in [-0.15, -0.1) is 0 Å². The summed E-state index contributed by atoms with van der Waals surface area (Å²) < 4.78 is 4.70. The predicted molar refractivity (Wildman–Crippen MR) is 50.4 cm³/mol. The quantitative estimate of drug-likeness (QED) is 0.764. The van der Waals surface area contributed by atoms with Gasteiger partial charge in [-0.3, -0.25) is 4.79 Å². The topological polar surface area (TPSA) is 92.4 Å². The van der Waals surface area contributed by atoms with Crippen molar-refractivity contribution < 1.29 is 19.2 Å². The second-order valence-corrected chi connectivity index (χ2v) is 3.72. The lowest BCUT2D eigenvalue weighted by Gasteiger charge is -2.19. The lowest BCUT2D eigenvalue weighted by Crippen LogP contribution is -2.49. The van der Waals surface area contributed by atoms with Crippen LogP contribution in [0.25, 0.3) is 0 Å². The number of hydrogen-bond acceptors (Lipinski definition) is 4. The third kappa shape index (κ3) is 2.55. The number of carbonyl (C=O) groups is 2. The van der Waals surface area contributed by atoms with Crippen LogP contribution in [-0.4, -0.2) is 27.7 Å². The fourth-order valence-corrected chi connectivity index (χ4v) is 0.869. The third-order valence-electron chi connectivity index (χ3n) is 1.81. The summed E-state index contributed by atoms with van der Waals surface area (Å²) in [5.41, 5.74) is -0.772. The molecular weight excluding hydrogens is 200 g/mol.